The fourth-order valence-electron chi connectivity index (χ4n) is 1.24. The van der Waals surface area contributed by atoms with Crippen molar-refractivity contribution >= 4 is 5.97 Å². The van der Waals surface area contributed by atoms with E-state index in [9.17, 15) is 9.90 Å². The largest absolute Gasteiger partial charge is 0.469 e. The minimum atomic E-state index is -1.04. The molecule has 0 spiro atoms. The molecule has 3 heteroatoms. The van der Waals surface area contributed by atoms with E-state index in [1.807, 2.05) is 24.3 Å². The van der Waals surface area contributed by atoms with Gasteiger partial charge in [0.05, 0.1) is 13.5 Å². The third-order valence-electron chi connectivity index (χ3n) is 2.08. The van der Waals surface area contributed by atoms with E-state index in [1.165, 1.54) is 7.11 Å². The lowest BCUT2D eigenvalue weighted by Gasteiger charge is -2.07. The molecule has 90 valence electrons. The minimum Gasteiger partial charge on any atom is -0.469 e. The van der Waals surface area contributed by atoms with Gasteiger partial charge in [0.15, 0.2) is 0 Å². The third kappa shape index (κ3) is 4.71. The maximum atomic E-state index is 11.2. The molecule has 17 heavy (non-hydrogen) atoms. The summed E-state index contributed by atoms with van der Waals surface area (Å²) in [5.74, 6) is 5.29. The van der Waals surface area contributed by atoms with Gasteiger partial charge in [0, 0.05) is 5.56 Å². The zero-order valence-electron chi connectivity index (χ0n) is 10.3. The lowest BCUT2D eigenvalue weighted by molar-refractivity contribution is -0.139. The van der Waals surface area contributed by atoms with Crippen LogP contribution in [0.15, 0.2) is 24.3 Å². The molecule has 0 saturated heterocycles. The highest BCUT2D eigenvalue weighted by atomic mass is 16.5. The summed E-state index contributed by atoms with van der Waals surface area (Å²) >= 11 is 0. The molecule has 0 heterocycles. The second kappa shape index (κ2) is 5.51. The molecule has 1 N–H and O–H groups in total. The van der Waals surface area contributed by atoms with Gasteiger partial charge in [0.2, 0.25) is 0 Å². The molecule has 0 radical (unpaired) electrons. The first-order valence-corrected chi connectivity index (χ1v) is 5.32. The summed E-state index contributed by atoms with van der Waals surface area (Å²) in [5, 5.41) is 9.53. The number of hydrogen-bond acceptors (Lipinski definition) is 3. The van der Waals surface area contributed by atoms with Crippen LogP contribution in [0, 0.1) is 11.8 Å². The van der Waals surface area contributed by atoms with Crippen molar-refractivity contribution in [3.63, 3.8) is 0 Å². The molecule has 1 rings (SSSR count). The van der Waals surface area contributed by atoms with Crippen LogP contribution in [0.4, 0.5) is 0 Å². The summed E-state index contributed by atoms with van der Waals surface area (Å²) in [4.78, 5) is 11.2. The van der Waals surface area contributed by atoms with Crippen LogP contribution in [0.5, 0.6) is 0 Å². The Morgan fingerprint density at radius 2 is 2.06 bits per heavy atom. The first kappa shape index (κ1) is 13.3. The van der Waals surface area contributed by atoms with Gasteiger partial charge in [0.1, 0.15) is 5.60 Å². The molecule has 0 amide bonds. The van der Waals surface area contributed by atoms with Crippen LogP contribution < -0.4 is 0 Å². The third-order valence-corrected chi connectivity index (χ3v) is 2.08. The number of aliphatic hydroxyl groups is 1. The Bertz CT molecular complexity index is 458. The lowest BCUT2D eigenvalue weighted by Crippen LogP contribution is -2.14. The Morgan fingerprint density at radius 3 is 2.65 bits per heavy atom. The van der Waals surface area contributed by atoms with E-state index in [1.54, 1.807) is 13.8 Å². The Kier molecular flexibility index (Phi) is 4.30. The summed E-state index contributed by atoms with van der Waals surface area (Å²) in [5.41, 5.74) is 0.495. The average molecular weight is 232 g/mol. The van der Waals surface area contributed by atoms with E-state index in [-0.39, 0.29) is 12.4 Å². The molecule has 3 nitrogen and oxygen atoms in total. The topological polar surface area (TPSA) is 46.5 Å². The van der Waals surface area contributed by atoms with Crippen LogP contribution in [0.3, 0.4) is 0 Å². The number of benzene rings is 1. The van der Waals surface area contributed by atoms with Gasteiger partial charge in [-0.15, -0.1) is 0 Å². The number of hydrogen-bond donors (Lipinski definition) is 1. The minimum absolute atomic E-state index is 0.188. The van der Waals surface area contributed by atoms with Crippen LogP contribution in [0.2, 0.25) is 0 Å². The molecule has 0 atom stereocenters. The molecule has 0 unspecified atom stereocenters. The molecule has 0 aromatic heterocycles. The molecular weight excluding hydrogens is 216 g/mol. The normalized spacial score (nSPS) is 10.4. The number of methoxy groups -OCH3 is 1. The second-order valence-corrected chi connectivity index (χ2v) is 4.22. The van der Waals surface area contributed by atoms with Gasteiger partial charge in [-0.2, -0.15) is 0 Å². The second-order valence-electron chi connectivity index (χ2n) is 4.22. The van der Waals surface area contributed by atoms with Gasteiger partial charge >= 0.3 is 5.97 Å². The van der Waals surface area contributed by atoms with Gasteiger partial charge in [-0.1, -0.05) is 30.0 Å². The average Bonchev–Trinajstić information content (AvgIpc) is 2.26. The highest BCUT2D eigenvalue weighted by molar-refractivity contribution is 5.73. The predicted octanol–water partition coefficient (Wildman–Crippen LogP) is 1.52. The van der Waals surface area contributed by atoms with Crippen molar-refractivity contribution in [2.75, 3.05) is 7.11 Å². The number of carbonyl (C=O) groups is 1. The monoisotopic (exact) mass is 232 g/mol. The van der Waals surface area contributed by atoms with Gasteiger partial charge in [0.25, 0.3) is 0 Å². The summed E-state index contributed by atoms with van der Waals surface area (Å²) in [6.07, 6.45) is 0.188. The summed E-state index contributed by atoms with van der Waals surface area (Å²) < 4.78 is 4.62. The van der Waals surface area contributed by atoms with Gasteiger partial charge in [-0.25, -0.2) is 0 Å². The number of rotatable bonds is 2. The summed E-state index contributed by atoms with van der Waals surface area (Å²) in [6.45, 7) is 3.23. The van der Waals surface area contributed by atoms with Crippen molar-refractivity contribution in [2.24, 2.45) is 0 Å². The van der Waals surface area contributed by atoms with Crippen LogP contribution >= 0.6 is 0 Å². The fraction of sp³-hybridized carbons (Fsp3) is 0.357. The SMILES string of the molecule is COC(=O)Cc1ccccc1C#CC(C)(C)O. The fourth-order valence-corrected chi connectivity index (χ4v) is 1.24. The molecule has 0 saturated carbocycles. The van der Waals surface area contributed by atoms with Crippen molar-refractivity contribution in [1.29, 1.82) is 0 Å². The Labute approximate surface area is 101 Å². The molecular formula is C14H16O3. The van der Waals surface area contributed by atoms with E-state index in [0.29, 0.717) is 0 Å². The van der Waals surface area contributed by atoms with E-state index in [0.717, 1.165) is 11.1 Å². The van der Waals surface area contributed by atoms with Gasteiger partial charge in [-0.3, -0.25) is 4.79 Å². The Balaban J connectivity index is 2.99. The van der Waals surface area contributed by atoms with Crippen LogP contribution in [0.1, 0.15) is 25.0 Å². The van der Waals surface area contributed by atoms with Crippen LogP contribution in [0.25, 0.3) is 0 Å². The van der Waals surface area contributed by atoms with Crippen molar-refractivity contribution in [3.8, 4) is 11.8 Å². The van der Waals surface area contributed by atoms with Crippen molar-refractivity contribution < 1.29 is 14.6 Å². The lowest BCUT2D eigenvalue weighted by atomic mass is 10.0. The maximum absolute atomic E-state index is 11.2. The molecule has 0 bridgehead atoms. The van der Waals surface area contributed by atoms with E-state index in [2.05, 4.69) is 16.6 Å². The zero-order chi connectivity index (χ0) is 12.9. The first-order chi connectivity index (χ1) is 7.92. The first-order valence-electron chi connectivity index (χ1n) is 5.32. The highest BCUT2D eigenvalue weighted by Gasteiger charge is 2.08. The number of ether oxygens (including phenoxy) is 1. The number of esters is 1. The van der Waals surface area contributed by atoms with Crippen LogP contribution in [-0.4, -0.2) is 23.8 Å². The quantitative estimate of drug-likeness (QED) is 0.621. The van der Waals surface area contributed by atoms with E-state index in [4.69, 9.17) is 0 Å². The van der Waals surface area contributed by atoms with Crippen molar-refractivity contribution in [2.45, 2.75) is 25.9 Å². The molecule has 0 fully saturated rings. The molecule has 1 aromatic carbocycles. The van der Waals surface area contributed by atoms with Gasteiger partial charge in [-0.05, 0) is 25.5 Å². The molecule has 0 aliphatic rings. The van der Waals surface area contributed by atoms with Gasteiger partial charge < -0.3 is 9.84 Å². The maximum Gasteiger partial charge on any atom is 0.310 e. The Hall–Kier alpha value is -1.79. The summed E-state index contributed by atoms with van der Waals surface area (Å²) in [6, 6.07) is 7.32. The predicted molar refractivity (Wildman–Crippen MR) is 65.3 cm³/mol. The zero-order valence-corrected chi connectivity index (χ0v) is 10.3. The standard InChI is InChI=1S/C14H16O3/c1-14(2,16)9-8-11-6-4-5-7-12(11)10-13(15)17-3/h4-7,16H,10H2,1-3H3. The Morgan fingerprint density at radius 1 is 1.41 bits per heavy atom. The van der Waals surface area contributed by atoms with E-state index < -0.39 is 5.60 Å². The highest BCUT2D eigenvalue weighted by Crippen LogP contribution is 2.09. The molecule has 0 aliphatic carbocycles. The molecule has 0 aliphatic heterocycles. The van der Waals surface area contributed by atoms with Crippen molar-refractivity contribution in [3.05, 3.63) is 35.4 Å². The number of carbonyl (C=O) groups excluding carboxylic acids is 1. The summed E-state index contributed by atoms with van der Waals surface area (Å²) in [7, 11) is 1.35. The van der Waals surface area contributed by atoms with Crippen molar-refractivity contribution in [1.82, 2.24) is 0 Å². The van der Waals surface area contributed by atoms with Crippen LogP contribution in [-0.2, 0) is 16.0 Å². The van der Waals surface area contributed by atoms with E-state index >= 15 is 0 Å². The smallest absolute Gasteiger partial charge is 0.310 e. The molecule has 1 aromatic rings.